The summed E-state index contributed by atoms with van der Waals surface area (Å²) in [6.45, 7) is 0. The minimum atomic E-state index is 1.10. The molecular formula is C58H39N. The second-order valence-electron chi connectivity index (χ2n) is 15.3. The van der Waals surface area contributed by atoms with E-state index in [2.05, 4.69) is 241 Å². The zero-order valence-corrected chi connectivity index (χ0v) is 32.5. The third kappa shape index (κ3) is 6.21. The number of nitrogens with zero attached hydrogens (tertiary/aromatic N) is 1. The molecule has 0 saturated heterocycles. The molecule has 0 amide bonds. The number of rotatable bonds is 7. The Balaban J connectivity index is 1.09. The molecule has 0 bridgehead atoms. The van der Waals surface area contributed by atoms with Crippen molar-refractivity contribution in [2.75, 3.05) is 4.90 Å². The first-order valence-electron chi connectivity index (χ1n) is 20.3. The van der Waals surface area contributed by atoms with E-state index in [1.807, 2.05) is 0 Å². The highest BCUT2D eigenvalue weighted by atomic mass is 15.1. The van der Waals surface area contributed by atoms with Crippen LogP contribution in [0.4, 0.5) is 17.1 Å². The van der Waals surface area contributed by atoms with Crippen molar-refractivity contribution in [3.05, 3.63) is 237 Å². The van der Waals surface area contributed by atoms with Gasteiger partial charge in [-0.3, -0.25) is 0 Å². The van der Waals surface area contributed by atoms with Gasteiger partial charge in [-0.15, -0.1) is 0 Å². The maximum Gasteiger partial charge on any atom is 0.0540 e. The second kappa shape index (κ2) is 14.6. The maximum absolute atomic E-state index is 2.41. The zero-order valence-electron chi connectivity index (χ0n) is 32.5. The molecular weight excluding hydrogens is 711 g/mol. The van der Waals surface area contributed by atoms with Crippen molar-refractivity contribution in [1.82, 2.24) is 0 Å². The molecule has 0 fully saturated rings. The van der Waals surface area contributed by atoms with Gasteiger partial charge in [0, 0.05) is 16.8 Å². The third-order valence-corrected chi connectivity index (χ3v) is 11.8. The molecule has 11 rings (SSSR count). The first-order valence-corrected chi connectivity index (χ1v) is 20.3. The number of hydrogen-bond acceptors (Lipinski definition) is 1. The highest BCUT2D eigenvalue weighted by molar-refractivity contribution is 6.22. The van der Waals surface area contributed by atoms with Crippen molar-refractivity contribution in [3.8, 4) is 44.5 Å². The number of hydrogen-bond donors (Lipinski definition) is 0. The zero-order chi connectivity index (χ0) is 39.1. The first kappa shape index (κ1) is 34.5. The van der Waals surface area contributed by atoms with Crippen LogP contribution in [0.25, 0.3) is 87.6 Å². The number of benzene rings is 11. The second-order valence-corrected chi connectivity index (χ2v) is 15.3. The van der Waals surface area contributed by atoms with Gasteiger partial charge in [0.1, 0.15) is 0 Å². The lowest BCUT2D eigenvalue weighted by Gasteiger charge is -2.27. The van der Waals surface area contributed by atoms with Gasteiger partial charge in [-0.1, -0.05) is 194 Å². The largest absolute Gasteiger partial charge is 0.310 e. The summed E-state index contributed by atoms with van der Waals surface area (Å²) < 4.78 is 0. The predicted octanol–water partition coefficient (Wildman–Crippen LogP) is 16.4. The van der Waals surface area contributed by atoms with Crippen LogP contribution in [-0.2, 0) is 0 Å². The molecule has 0 N–H and O–H groups in total. The molecule has 0 aromatic heterocycles. The summed E-state index contributed by atoms with van der Waals surface area (Å²) in [5, 5.41) is 9.93. The van der Waals surface area contributed by atoms with Crippen LogP contribution >= 0.6 is 0 Å². The Kier molecular flexibility index (Phi) is 8.56. The molecule has 0 heterocycles. The standard InChI is InChI=1S/C58H39N/c1-3-17-43(18-4-1)57-54-27-12-11-26-52(54)53-36-33-48(39-55(53)58(57)44-19-5-2-6-20-44)46-23-13-24-50(38-46)59(56-28-14-22-42-16-9-10-25-51(42)56)49-34-31-41(32-35-49)47-30-29-40-15-7-8-21-45(40)37-47/h1-39H. The summed E-state index contributed by atoms with van der Waals surface area (Å²) in [6.07, 6.45) is 0. The molecule has 0 unspecified atom stereocenters. The van der Waals surface area contributed by atoms with Gasteiger partial charge < -0.3 is 4.90 Å². The minimum absolute atomic E-state index is 1.10. The Hall–Kier alpha value is -7.74. The quantitative estimate of drug-likeness (QED) is 0.147. The van der Waals surface area contributed by atoms with Gasteiger partial charge in [-0.25, -0.2) is 0 Å². The van der Waals surface area contributed by atoms with Crippen LogP contribution < -0.4 is 4.90 Å². The molecule has 1 heteroatoms. The van der Waals surface area contributed by atoms with E-state index >= 15 is 0 Å². The lowest BCUT2D eigenvalue weighted by molar-refractivity contribution is 1.30. The van der Waals surface area contributed by atoms with Crippen LogP contribution in [0, 0.1) is 0 Å². The molecule has 0 atom stereocenters. The monoisotopic (exact) mass is 749 g/mol. The van der Waals surface area contributed by atoms with Gasteiger partial charge in [0.15, 0.2) is 0 Å². The van der Waals surface area contributed by atoms with Crippen LogP contribution in [-0.4, -0.2) is 0 Å². The summed E-state index contributed by atoms with van der Waals surface area (Å²) in [5.74, 6) is 0. The fourth-order valence-electron chi connectivity index (χ4n) is 9.01. The average Bonchev–Trinajstić information content (AvgIpc) is 3.32. The molecule has 0 spiro atoms. The Morgan fingerprint density at radius 2 is 0.729 bits per heavy atom. The van der Waals surface area contributed by atoms with Crippen LogP contribution in [0.15, 0.2) is 237 Å². The molecule has 59 heavy (non-hydrogen) atoms. The Bertz CT molecular complexity index is 3310. The van der Waals surface area contributed by atoms with E-state index in [-0.39, 0.29) is 0 Å². The topological polar surface area (TPSA) is 3.24 Å². The molecule has 1 nitrogen and oxygen atoms in total. The van der Waals surface area contributed by atoms with E-state index in [1.165, 1.54) is 82.0 Å². The van der Waals surface area contributed by atoms with Crippen molar-refractivity contribution in [3.63, 3.8) is 0 Å². The van der Waals surface area contributed by atoms with Gasteiger partial charge in [-0.05, 0) is 125 Å². The summed E-state index contributed by atoms with van der Waals surface area (Å²) in [6, 6.07) is 86.3. The van der Waals surface area contributed by atoms with Crippen molar-refractivity contribution >= 4 is 60.2 Å². The van der Waals surface area contributed by atoms with Crippen LogP contribution in [0.1, 0.15) is 0 Å². The van der Waals surface area contributed by atoms with Crippen LogP contribution in [0.2, 0.25) is 0 Å². The van der Waals surface area contributed by atoms with E-state index < -0.39 is 0 Å². The highest BCUT2D eigenvalue weighted by Gasteiger charge is 2.20. The van der Waals surface area contributed by atoms with Crippen LogP contribution in [0.3, 0.4) is 0 Å². The summed E-state index contributed by atoms with van der Waals surface area (Å²) in [5.41, 5.74) is 13.0. The van der Waals surface area contributed by atoms with E-state index in [0.717, 1.165) is 22.6 Å². The lowest BCUT2D eigenvalue weighted by Crippen LogP contribution is -2.10. The number of anilines is 3. The Morgan fingerprint density at radius 3 is 1.49 bits per heavy atom. The van der Waals surface area contributed by atoms with Crippen LogP contribution in [0.5, 0.6) is 0 Å². The summed E-state index contributed by atoms with van der Waals surface area (Å²) in [4.78, 5) is 2.41. The Labute approximate surface area is 344 Å². The molecule has 0 radical (unpaired) electrons. The van der Waals surface area contributed by atoms with Gasteiger partial charge in [-0.2, -0.15) is 0 Å². The molecule has 11 aromatic rings. The molecule has 0 aliphatic carbocycles. The molecule has 0 saturated carbocycles. The third-order valence-electron chi connectivity index (χ3n) is 11.8. The predicted molar refractivity (Wildman–Crippen MR) is 253 cm³/mol. The van der Waals surface area contributed by atoms with Gasteiger partial charge in [0.05, 0.1) is 5.69 Å². The minimum Gasteiger partial charge on any atom is -0.310 e. The van der Waals surface area contributed by atoms with Gasteiger partial charge >= 0.3 is 0 Å². The van der Waals surface area contributed by atoms with Gasteiger partial charge in [0.2, 0.25) is 0 Å². The van der Waals surface area contributed by atoms with E-state index in [4.69, 9.17) is 0 Å². The normalized spacial score (nSPS) is 11.4. The van der Waals surface area contributed by atoms with Gasteiger partial charge in [0.25, 0.3) is 0 Å². The molecule has 11 aromatic carbocycles. The highest BCUT2D eigenvalue weighted by Crippen LogP contribution is 2.46. The van der Waals surface area contributed by atoms with E-state index in [0.29, 0.717) is 0 Å². The molecule has 0 aliphatic rings. The lowest BCUT2D eigenvalue weighted by atomic mass is 9.84. The van der Waals surface area contributed by atoms with Crippen molar-refractivity contribution in [2.24, 2.45) is 0 Å². The average molecular weight is 750 g/mol. The first-order chi connectivity index (χ1) is 29.3. The molecule has 276 valence electrons. The molecule has 0 aliphatic heterocycles. The number of fused-ring (bicyclic) bond motifs is 5. The summed E-state index contributed by atoms with van der Waals surface area (Å²) >= 11 is 0. The maximum atomic E-state index is 2.41. The van der Waals surface area contributed by atoms with Crippen molar-refractivity contribution in [1.29, 1.82) is 0 Å². The summed E-state index contributed by atoms with van der Waals surface area (Å²) in [7, 11) is 0. The van der Waals surface area contributed by atoms with Crippen molar-refractivity contribution < 1.29 is 0 Å². The smallest absolute Gasteiger partial charge is 0.0540 e. The fourth-order valence-corrected chi connectivity index (χ4v) is 9.01. The van der Waals surface area contributed by atoms with Crippen molar-refractivity contribution in [2.45, 2.75) is 0 Å². The fraction of sp³-hybridized carbons (Fsp3) is 0. The van der Waals surface area contributed by atoms with E-state index in [9.17, 15) is 0 Å². The SMILES string of the molecule is c1ccc(-c2c(-c3ccccc3)c3cc(-c4cccc(N(c5ccc(-c6ccc7ccccc7c6)cc5)c5cccc6ccccc56)c4)ccc3c3ccccc23)cc1. The van der Waals surface area contributed by atoms with E-state index in [1.54, 1.807) is 0 Å². The Morgan fingerprint density at radius 1 is 0.220 bits per heavy atom.